The fourth-order valence-corrected chi connectivity index (χ4v) is 2.44. The molecule has 0 spiro atoms. The highest BCUT2D eigenvalue weighted by atomic mass is 16.5. The number of aliphatic imine (C=N–C) groups is 1. The third kappa shape index (κ3) is 7.14. The third-order valence-corrected chi connectivity index (χ3v) is 4.04. The molecule has 8 heteroatoms. The van der Waals surface area contributed by atoms with Gasteiger partial charge in [0.1, 0.15) is 18.1 Å². The number of benzene rings is 1. The monoisotopic (exact) mass is 401 g/mol. The molecule has 1 heterocycles. The SMILES string of the molecule is CCNC(=NCc1ncc(C(C)(C)C)o1)NCCNC(=O)c1cccc(OC)c1. The van der Waals surface area contributed by atoms with Crippen molar-refractivity contribution < 1.29 is 13.9 Å². The van der Waals surface area contributed by atoms with Crippen LogP contribution in [0.5, 0.6) is 5.75 Å². The summed E-state index contributed by atoms with van der Waals surface area (Å²) in [5.41, 5.74) is 0.474. The number of carbonyl (C=O) groups is 1. The van der Waals surface area contributed by atoms with Gasteiger partial charge in [-0.2, -0.15) is 0 Å². The minimum atomic E-state index is -0.151. The number of hydrogen-bond donors (Lipinski definition) is 3. The molecule has 0 saturated carbocycles. The molecule has 0 unspecified atom stereocenters. The highest BCUT2D eigenvalue weighted by molar-refractivity contribution is 5.94. The Balaban J connectivity index is 1.83. The van der Waals surface area contributed by atoms with Crippen LogP contribution in [0.1, 0.15) is 49.7 Å². The largest absolute Gasteiger partial charge is 0.497 e. The molecule has 8 nitrogen and oxygen atoms in total. The van der Waals surface area contributed by atoms with Crippen LogP contribution in [0.25, 0.3) is 0 Å². The Morgan fingerprint density at radius 2 is 1.97 bits per heavy atom. The number of oxazole rings is 1. The van der Waals surface area contributed by atoms with Crippen LogP contribution in [-0.2, 0) is 12.0 Å². The number of amides is 1. The van der Waals surface area contributed by atoms with Crippen molar-refractivity contribution in [2.45, 2.75) is 39.7 Å². The van der Waals surface area contributed by atoms with E-state index in [1.165, 1.54) is 0 Å². The Kier molecular flexibility index (Phi) is 8.06. The summed E-state index contributed by atoms with van der Waals surface area (Å²) in [5, 5.41) is 9.22. The van der Waals surface area contributed by atoms with Gasteiger partial charge in [-0.15, -0.1) is 0 Å². The van der Waals surface area contributed by atoms with E-state index in [0.29, 0.717) is 42.8 Å². The molecule has 2 rings (SSSR count). The highest BCUT2D eigenvalue weighted by Crippen LogP contribution is 2.22. The van der Waals surface area contributed by atoms with E-state index in [2.05, 4.69) is 46.7 Å². The van der Waals surface area contributed by atoms with Crippen LogP contribution in [0.15, 0.2) is 39.9 Å². The molecule has 0 atom stereocenters. The van der Waals surface area contributed by atoms with Gasteiger partial charge in [0.25, 0.3) is 5.91 Å². The van der Waals surface area contributed by atoms with E-state index >= 15 is 0 Å². The number of nitrogens with zero attached hydrogens (tertiary/aromatic N) is 2. The molecular weight excluding hydrogens is 370 g/mol. The van der Waals surface area contributed by atoms with Crippen molar-refractivity contribution in [3.8, 4) is 5.75 Å². The lowest BCUT2D eigenvalue weighted by Crippen LogP contribution is -2.41. The maximum Gasteiger partial charge on any atom is 0.251 e. The van der Waals surface area contributed by atoms with Crippen LogP contribution in [0.4, 0.5) is 0 Å². The molecule has 0 aliphatic rings. The average molecular weight is 402 g/mol. The molecule has 0 saturated heterocycles. The van der Waals surface area contributed by atoms with Gasteiger partial charge in [-0.05, 0) is 25.1 Å². The molecule has 0 aliphatic carbocycles. The van der Waals surface area contributed by atoms with Gasteiger partial charge in [-0.3, -0.25) is 4.79 Å². The first-order chi connectivity index (χ1) is 13.8. The van der Waals surface area contributed by atoms with Gasteiger partial charge in [0, 0.05) is 30.6 Å². The summed E-state index contributed by atoms with van der Waals surface area (Å²) < 4.78 is 10.9. The molecule has 0 aliphatic heterocycles. The number of rotatable bonds is 8. The van der Waals surface area contributed by atoms with E-state index in [9.17, 15) is 4.79 Å². The smallest absolute Gasteiger partial charge is 0.251 e. The summed E-state index contributed by atoms with van der Waals surface area (Å²) in [6.07, 6.45) is 1.75. The molecule has 1 aromatic carbocycles. The lowest BCUT2D eigenvalue weighted by atomic mass is 9.94. The van der Waals surface area contributed by atoms with Gasteiger partial charge < -0.3 is 25.1 Å². The number of hydrogen-bond acceptors (Lipinski definition) is 5. The van der Waals surface area contributed by atoms with Gasteiger partial charge >= 0.3 is 0 Å². The number of guanidine groups is 1. The number of aromatic nitrogens is 1. The van der Waals surface area contributed by atoms with Crippen LogP contribution < -0.4 is 20.7 Å². The molecule has 158 valence electrons. The first-order valence-electron chi connectivity index (χ1n) is 9.73. The first kappa shape index (κ1) is 22.3. The first-order valence-corrected chi connectivity index (χ1v) is 9.73. The minimum absolute atomic E-state index is 0.0846. The van der Waals surface area contributed by atoms with Crippen molar-refractivity contribution in [1.29, 1.82) is 0 Å². The number of methoxy groups -OCH3 is 1. The quantitative estimate of drug-likeness (QED) is 0.357. The summed E-state index contributed by atoms with van der Waals surface area (Å²) in [4.78, 5) is 21.0. The van der Waals surface area contributed by atoms with E-state index in [1.54, 1.807) is 37.6 Å². The van der Waals surface area contributed by atoms with Crippen LogP contribution in [0, 0.1) is 0 Å². The molecule has 2 aromatic rings. The molecule has 1 aromatic heterocycles. The summed E-state index contributed by atoms with van der Waals surface area (Å²) in [7, 11) is 1.57. The average Bonchev–Trinajstić information content (AvgIpc) is 3.18. The fourth-order valence-electron chi connectivity index (χ4n) is 2.44. The Bertz CT molecular complexity index is 824. The van der Waals surface area contributed by atoms with Gasteiger partial charge in [-0.1, -0.05) is 26.8 Å². The lowest BCUT2D eigenvalue weighted by molar-refractivity contribution is 0.0954. The predicted octanol–water partition coefficient (Wildman–Crippen LogP) is 2.47. The summed E-state index contributed by atoms with van der Waals surface area (Å²) in [6, 6.07) is 7.04. The van der Waals surface area contributed by atoms with E-state index in [0.717, 1.165) is 12.3 Å². The van der Waals surface area contributed by atoms with Gasteiger partial charge in [0.2, 0.25) is 5.89 Å². The Labute approximate surface area is 172 Å². The molecule has 0 radical (unpaired) electrons. The van der Waals surface area contributed by atoms with Crippen LogP contribution in [0.2, 0.25) is 0 Å². The fraction of sp³-hybridized carbons (Fsp3) is 0.476. The molecule has 1 amide bonds. The maximum atomic E-state index is 12.2. The van der Waals surface area contributed by atoms with Crippen molar-refractivity contribution in [3.05, 3.63) is 47.7 Å². The molecule has 3 N–H and O–H groups in total. The van der Waals surface area contributed by atoms with E-state index in [-0.39, 0.29) is 11.3 Å². The lowest BCUT2D eigenvalue weighted by Gasteiger charge is -2.13. The van der Waals surface area contributed by atoms with Gasteiger partial charge in [0.05, 0.1) is 13.3 Å². The van der Waals surface area contributed by atoms with E-state index in [4.69, 9.17) is 9.15 Å². The van der Waals surface area contributed by atoms with Gasteiger partial charge in [0.15, 0.2) is 5.96 Å². The van der Waals surface area contributed by atoms with Crippen molar-refractivity contribution >= 4 is 11.9 Å². The predicted molar refractivity (Wildman–Crippen MR) is 113 cm³/mol. The Morgan fingerprint density at radius 3 is 2.62 bits per heavy atom. The van der Waals surface area contributed by atoms with Crippen molar-refractivity contribution in [3.63, 3.8) is 0 Å². The Hall–Kier alpha value is -3.03. The topological polar surface area (TPSA) is 101 Å². The standard InChI is InChI=1S/C21H31N5O3/c1-6-22-20(26-14-18-25-13-17(29-18)21(2,3)4)24-11-10-23-19(27)15-8-7-9-16(12-15)28-5/h7-9,12-13H,6,10-11,14H2,1-5H3,(H,23,27)(H2,22,24,26). The molecular formula is C21H31N5O3. The zero-order valence-corrected chi connectivity index (χ0v) is 17.8. The summed E-state index contributed by atoms with van der Waals surface area (Å²) in [6.45, 7) is 10.3. The van der Waals surface area contributed by atoms with Crippen LogP contribution in [0.3, 0.4) is 0 Å². The number of carbonyl (C=O) groups excluding carboxylic acids is 1. The summed E-state index contributed by atoms with van der Waals surface area (Å²) in [5.74, 6) is 2.54. The second kappa shape index (κ2) is 10.5. The zero-order valence-electron chi connectivity index (χ0n) is 17.8. The maximum absolute atomic E-state index is 12.2. The van der Waals surface area contributed by atoms with Crippen molar-refractivity contribution in [2.24, 2.45) is 4.99 Å². The Morgan fingerprint density at radius 1 is 1.21 bits per heavy atom. The molecule has 0 bridgehead atoms. The minimum Gasteiger partial charge on any atom is -0.497 e. The number of ether oxygens (including phenoxy) is 1. The highest BCUT2D eigenvalue weighted by Gasteiger charge is 2.19. The normalized spacial score (nSPS) is 11.8. The van der Waals surface area contributed by atoms with E-state index < -0.39 is 0 Å². The second-order valence-corrected chi connectivity index (χ2v) is 7.48. The van der Waals surface area contributed by atoms with E-state index in [1.807, 2.05) is 6.92 Å². The summed E-state index contributed by atoms with van der Waals surface area (Å²) >= 11 is 0. The second-order valence-electron chi connectivity index (χ2n) is 7.48. The molecule has 0 fully saturated rings. The molecule has 29 heavy (non-hydrogen) atoms. The zero-order chi connectivity index (χ0) is 21.3. The van der Waals surface area contributed by atoms with Gasteiger partial charge in [-0.25, -0.2) is 9.98 Å². The van der Waals surface area contributed by atoms with Crippen LogP contribution >= 0.6 is 0 Å². The van der Waals surface area contributed by atoms with Crippen molar-refractivity contribution in [2.75, 3.05) is 26.7 Å². The van der Waals surface area contributed by atoms with Crippen LogP contribution in [-0.4, -0.2) is 43.6 Å². The number of nitrogens with one attached hydrogen (secondary N) is 3. The third-order valence-electron chi connectivity index (χ3n) is 4.04. The van der Waals surface area contributed by atoms with Crippen molar-refractivity contribution in [1.82, 2.24) is 20.9 Å².